The predicted octanol–water partition coefficient (Wildman–Crippen LogP) is 4.04. The zero-order valence-corrected chi connectivity index (χ0v) is 15.4. The van der Waals surface area contributed by atoms with E-state index in [1.165, 1.54) is 17.0 Å². The molecule has 0 aliphatic heterocycles. The number of carbonyl (C=O) groups excluding carboxylic acids is 1. The minimum Gasteiger partial charge on any atom is -0.345 e. The summed E-state index contributed by atoms with van der Waals surface area (Å²) in [5.41, 5.74) is 0.232. The molecule has 7 nitrogen and oxygen atoms in total. The van der Waals surface area contributed by atoms with E-state index < -0.39 is 4.92 Å². The highest BCUT2D eigenvalue weighted by Crippen LogP contribution is 2.33. The third-order valence-corrected chi connectivity index (χ3v) is 4.49. The molecule has 0 aliphatic rings. The standard InChI is InChI=1S/C17H21ClN4O3/c1-5-11(6-2)16-19-7-8-21(16)14-10-13(18)12(17(23)20(3)4)9-15(14)22(24)25/h7-11H,5-6H2,1-4H3. The molecule has 8 heteroatoms. The maximum absolute atomic E-state index is 12.2. The highest BCUT2D eigenvalue weighted by atomic mass is 35.5. The predicted molar refractivity (Wildman–Crippen MR) is 96.6 cm³/mol. The molecule has 1 heterocycles. The van der Waals surface area contributed by atoms with Crippen LogP contribution in [0.4, 0.5) is 5.69 Å². The quantitative estimate of drug-likeness (QED) is 0.572. The van der Waals surface area contributed by atoms with Crippen molar-refractivity contribution < 1.29 is 9.72 Å². The summed E-state index contributed by atoms with van der Waals surface area (Å²) in [6.45, 7) is 4.10. The van der Waals surface area contributed by atoms with Gasteiger partial charge in [0.05, 0.1) is 15.5 Å². The normalized spacial score (nSPS) is 11.0. The minimum atomic E-state index is -0.505. The second-order valence-corrected chi connectivity index (χ2v) is 6.35. The first-order valence-corrected chi connectivity index (χ1v) is 8.42. The summed E-state index contributed by atoms with van der Waals surface area (Å²) < 4.78 is 1.69. The van der Waals surface area contributed by atoms with E-state index in [-0.39, 0.29) is 28.1 Å². The van der Waals surface area contributed by atoms with Gasteiger partial charge < -0.3 is 4.90 Å². The van der Waals surface area contributed by atoms with Crippen molar-refractivity contribution in [2.75, 3.05) is 14.1 Å². The van der Waals surface area contributed by atoms with Gasteiger partial charge in [0.1, 0.15) is 11.5 Å². The molecule has 0 saturated heterocycles. The lowest BCUT2D eigenvalue weighted by Gasteiger charge is -2.17. The van der Waals surface area contributed by atoms with Crippen LogP contribution in [0.2, 0.25) is 5.02 Å². The number of rotatable bonds is 6. The van der Waals surface area contributed by atoms with E-state index >= 15 is 0 Å². The summed E-state index contributed by atoms with van der Waals surface area (Å²) in [5, 5.41) is 11.8. The van der Waals surface area contributed by atoms with Crippen molar-refractivity contribution in [1.82, 2.24) is 14.5 Å². The van der Waals surface area contributed by atoms with E-state index in [0.29, 0.717) is 5.69 Å². The van der Waals surface area contributed by atoms with Crippen LogP contribution in [0.5, 0.6) is 0 Å². The molecule has 0 atom stereocenters. The van der Waals surface area contributed by atoms with Gasteiger partial charge in [-0.25, -0.2) is 4.98 Å². The molecule has 0 N–H and O–H groups in total. The number of carbonyl (C=O) groups is 1. The number of imidazole rings is 1. The summed E-state index contributed by atoms with van der Waals surface area (Å²) in [4.78, 5) is 29.0. The maximum atomic E-state index is 12.2. The summed E-state index contributed by atoms with van der Waals surface area (Å²) in [5.74, 6) is 0.540. The van der Waals surface area contributed by atoms with Crippen LogP contribution in [-0.4, -0.2) is 39.4 Å². The Balaban J connectivity index is 2.68. The Morgan fingerprint density at radius 1 is 1.36 bits per heavy atom. The fourth-order valence-electron chi connectivity index (χ4n) is 2.77. The van der Waals surface area contributed by atoms with Gasteiger partial charge in [-0.2, -0.15) is 0 Å². The van der Waals surface area contributed by atoms with Crippen molar-refractivity contribution >= 4 is 23.2 Å². The Kier molecular flexibility index (Phi) is 5.79. The number of nitrogens with zero attached hydrogens (tertiary/aromatic N) is 4. The molecule has 134 valence electrons. The number of hydrogen-bond donors (Lipinski definition) is 0. The first kappa shape index (κ1) is 18.9. The monoisotopic (exact) mass is 364 g/mol. The molecule has 1 aromatic heterocycles. The number of nitro benzene ring substituents is 1. The second-order valence-electron chi connectivity index (χ2n) is 5.95. The number of hydrogen-bond acceptors (Lipinski definition) is 4. The number of aromatic nitrogens is 2. The molecular formula is C17H21ClN4O3. The first-order valence-electron chi connectivity index (χ1n) is 8.04. The van der Waals surface area contributed by atoms with Crippen LogP contribution in [0.3, 0.4) is 0 Å². The van der Waals surface area contributed by atoms with E-state index in [1.807, 2.05) is 13.8 Å². The molecule has 0 radical (unpaired) electrons. The van der Waals surface area contributed by atoms with Gasteiger partial charge >= 0.3 is 0 Å². The number of halogens is 1. The van der Waals surface area contributed by atoms with Gasteiger partial charge in [-0.05, 0) is 18.9 Å². The van der Waals surface area contributed by atoms with Gasteiger partial charge in [-0.3, -0.25) is 19.5 Å². The minimum absolute atomic E-state index is 0.103. The summed E-state index contributed by atoms with van der Waals surface area (Å²) in [7, 11) is 3.14. The van der Waals surface area contributed by atoms with Crippen LogP contribution in [0.15, 0.2) is 24.5 Å². The highest BCUT2D eigenvalue weighted by molar-refractivity contribution is 6.34. The van der Waals surface area contributed by atoms with Crippen molar-refractivity contribution in [2.24, 2.45) is 0 Å². The lowest BCUT2D eigenvalue weighted by atomic mass is 10.0. The third kappa shape index (κ3) is 3.66. The largest absolute Gasteiger partial charge is 0.345 e. The van der Waals surface area contributed by atoms with Gasteiger partial charge in [-0.1, -0.05) is 25.4 Å². The Morgan fingerprint density at radius 2 is 2.00 bits per heavy atom. The molecule has 2 rings (SSSR count). The molecule has 2 aromatic rings. The molecule has 1 amide bonds. The Morgan fingerprint density at radius 3 is 2.52 bits per heavy atom. The molecule has 0 saturated carbocycles. The molecule has 0 bridgehead atoms. The number of amides is 1. The zero-order valence-electron chi connectivity index (χ0n) is 14.7. The van der Waals surface area contributed by atoms with Crippen molar-refractivity contribution in [2.45, 2.75) is 32.6 Å². The molecule has 0 aliphatic carbocycles. The summed E-state index contributed by atoms with van der Waals surface area (Å²) >= 11 is 6.26. The van der Waals surface area contributed by atoms with Crippen LogP contribution in [0.25, 0.3) is 5.69 Å². The molecule has 1 aromatic carbocycles. The topological polar surface area (TPSA) is 81.3 Å². The lowest BCUT2D eigenvalue weighted by molar-refractivity contribution is -0.384. The molecule has 0 spiro atoms. The van der Waals surface area contributed by atoms with Gasteiger partial charge in [0.15, 0.2) is 0 Å². The van der Waals surface area contributed by atoms with Crippen LogP contribution < -0.4 is 0 Å². The number of benzene rings is 1. The van der Waals surface area contributed by atoms with Crippen molar-refractivity contribution in [1.29, 1.82) is 0 Å². The van der Waals surface area contributed by atoms with Crippen LogP contribution >= 0.6 is 11.6 Å². The summed E-state index contributed by atoms with van der Waals surface area (Å²) in [6.07, 6.45) is 5.03. The fraction of sp³-hybridized carbons (Fsp3) is 0.412. The second kappa shape index (κ2) is 7.65. The van der Waals surface area contributed by atoms with Crippen LogP contribution in [0.1, 0.15) is 48.8 Å². The highest BCUT2D eigenvalue weighted by Gasteiger charge is 2.25. The SMILES string of the molecule is CCC(CC)c1nccn1-c1cc(Cl)c(C(=O)N(C)C)cc1[N+](=O)[O-]. The maximum Gasteiger partial charge on any atom is 0.294 e. The van der Waals surface area contributed by atoms with Crippen LogP contribution in [0, 0.1) is 10.1 Å². The van der Waals surface area contributed by atoms with Gasteiger partial charge in [0, 0.05) is 38.5 Å². The summed E-state index contributed by atoms with van der Waals surface area (Å²) in [6, 6.07) is 2.70. The average molecular weight is 365 g/mol. The Bertz CT molecular complexity index is 797. The lowest BCUT2D eigenvalue weighted by Crippen LogP contribution is -2.22. The Hall–Kier alpha value is -2.41. The first-order chi connectivity index (χ1) is 11.8. The van der Waals surface area contributed by atoms with Crippen molar-refractivity contribution in [3.8, 4) is 5.69 Å². The number of nitro groups is 1. The smallest absolute Gasteiger partial charge is 0.294 e. The fourth-order valence-corrected chi connectivity index (χ4v) is 3.01. The van der Waals surface area contributed by atoms with Gasteiger partial charge in [-0.15, -0.1) is 0 Å². The van der Waals surface area contributed by atoms with E-state index in [4.69, 9.17) is 11.6 Å². The van der Waals surface area contributed by atoms with E-state index in [9.17, 15) is 14.9 Å². The van der Waals surface area contributed by atoms with Gasteiger partial charge in [0.2, 0.25) is 0 Å². The van der Waals surface area contributed by atoms with Crippen molar-refractivity contribution in [3.05, 3.63) is 51.1 Å². The van der Waals surface area contributed by atoms with Crippen LogP contribution in [-0.2, 0) is 0 Å². The van der Waals surface area contributed by atoms with E-state index in [1.54, 1.807) is 31.1 Å². The third-order valence-electron chi connectivity index (χ3n) is 4.18. The Labute approximate surface area is 151 Å². The van der Waals surface area contributed by atoms with Crippen molar-refractivity contribution in [3.63, 3.8) is 0 Å². The zero-order chi connectivity index (χ0) is 18.7. The van der Waals surface area contributed by atoms with E-state index in [0.717, 1.165) is 18.7 Å². The van der Waals surface area contributed by atoms with Gasteiger partial charge in [0.25, 0.3) is 11.6 Å². The molecule has 0 unspecified atom stereocenters. The van der Waals surface area contributed by atoms with E-state index in [2.05, 4.69) is 4.98 Å². The molecular weight excluding hydrogens is 344 g/mol. The average Bonchev–Trinajstić information content (AvgIpc) is 3.04. The molecule has 0 fully saturated rings. The molecule has 25 heavy (non-hydrogen) atoms.